The summed E-state index contributed by atoms with van der Waals surface area (Å²) in [4.78, 5) is 10.9. The molecule has 0 atom stereocenters. The van der Waals surface area contributed by atoms with E-state index in [0.717, 1.165) is 5.56 Å². The molecular weight excluding hydrogens is 240 g/mol. The summed E-state index contributed by atoms with van der Waals surface area (Å²) in [5.41, 5.74) is 3.14. The highest BCUT2D eigenvalue weighted by atomic mass is 35.5. The second-order valence-corrected chi connectivity index (χ2v) is 3.47. The quantitative estimate of drug-likeness (QED) is 0.662. The Bertz CT molecular complexity index is 416. The summed E-state index contributed by atoms with van der Waals surface area (Å²) in [5, 5.41) is 4.05. The molecule has 1 aromatic carbocycles. The van der Waals surface area contributed by atoms with Crippen molar-refractivity contribution in [3.05, 3.63) is 40.9 Å². The van der Waals surface area contributed by atoms with Crippen LogP contribution < -0.4 is 5.43 Å². The number of allylic oxidation sites excluding steroid dienone is 1. The average molecular weight is 253 g/mol. The molecule has 17 heavy (non-hydrogen) atoms. The van der Waals surface area contributed by atoms with E-state index in [1.165, 1.54) is 6.21 Å². The predicted molar refractivity (Wildman–Crippen MR) is 68.9 cm³/mol. The number of carbonyl (C=O) groups excluding carboxylic acids is 1. The van der Waals surface area contributed by atoms with Crippen LogP contribution in [0, 0.1) is 0 Å². The lowest BCUT2D eigenvalue weighted by Crippen LogP contribution is -2.18. The average Bonchev–Trinajstić information content (AvgIpc) is 2.30. The molecule has 0 aliphatic heterocycles. The van der Waals surface area contributed by atoms with Crippen molar-refractivity contribution in [3.8, 4) is 0 Å². The Labute approximate surface area is 105 Å². The molecule has 0 aliphatic rings. The topological polar surface area (TPSA) is 50.7 Å². The third-order valence-corrected chi connectivity index (χ3v) is 1.93. The Morgan fingerprint density at radius 3 is 2.82 bits per heavy atom. The summed E-state index contributed by atoms with van der Waals surface area (Å²) in [6.07, 6.45) is 2.47. The number of amides is 1. The lowest BCUT2D eigenvalue weighted by Gasteiger charge is -1.98. The van der Waals surface area contributed by atoms with E-state index in [0.29, 0.717) is 11.6 Å². The Hall–Kier alpha value is -1.81. The summed E-state index contributed by atoms with van der Waals surface area (Å²) >= 11 is 5.90. The first-order valence-corrected chi connectivity index (χ1v) is 5.48. The van der Waals surface area contributed by atoms with Gasteiger partial charge in [-0.15, -0.1) is 0 Å². The molecule has 1 rings (SSSR count). The normalized spacial score (nSPS) is 11.5. The van der Waals surface area contributed by atoms with Crippen LogP contribution in [0.3, 0.4) is 0 Å². The van der Waals surface area contributed by atoms with Crippen LogP contribution in [0.5, 0.6) is 0 Å². The first kappa shape index (κ1) is 13.3. The van der Waals surface area contributed by atoms with Gasteiger partial charge < -0.3 is 4.74 Å². The fourth-order valence-electron chi connectivity index (χ4n) is 1.06. The van der Waals surface area contributed by atoms with Gasteiger partial charge in [0.25, 0.3) is 0 Å². The standard InChI is InChI=1S/C12H13ClN2O2/c1-2-17-12(16)15-14-9-11(13)8-10-6-4-3-5-7-10/h3-9H,2H2,1H3,(H,15,16)/b11-8-,14-9?. The van der Waals surface area contributed by atoms with Crippen LogP contribution in [-0.4, -0.2) is 18.9 Å². The third-order valence-electron chi connectivity index (χ3n) is 1.72. The second kappa shape index (κ2) is 7.46. The molecule has 0 aromatic heterocycles. The zero-order valence-corrected chi connectivity index (χ0v) is 10.1. The molecule has 4 nitrogen and oxygen atoms in total. The molecule has 0 fully saturated rings. The number of hydrogen-bond donors (Lipinski definition) is 1. The van der Waals surface area contributed by atoms with E-state index in [1.807, 2.05) is 30.3 Å². The molecular formula is C12H13ClN2O2. The van der Waals surface area contributed by atoms with Crippen molar-refractivity contribution >= 4 is 30.0 Å². The lowest BCUT2D eigenvalue weighted by molar-refractivity contribution is 0.152. The second-order valence-electron chi connectivity index (χ2n) is 3.03. The van der Waals surface area contributed by atoms with E-state index in [-0.39, 0.29) is 0 Å². The minimum absolute atomic E-state index is 0.301. The van der Waals surface area contributed by atoms with E-state index >= 15 is 0 Å². The van der Waals surface area contributed by atoms with Crippen molar-refractivity contribution in [3.63, 3.8) is 0 Å². The number of ether oxygens (including phenoxy) is 1. The molecule has 5 heteroatoms. The number of rotatable bonds is 4. The molecule has 0 spiro atoms. The van der Waals surface area contributed by atoms with Gasteiger partial charge >= 0.3 is 6.09 Å². The summed E-state index contributed by atoms with van der Waals surface area (Å²) in [6.45, 7) is 2.01. The molecule has 0 aliphatic carbocycles. The van der Waals surface area contributed by atoms with Crippen molar-refractivity contribution in [1.82, 2.24) is 5.43 Å². The highest BCUT2D eigenvalue weighted by Gasteiger charge is 1.95. The van der Waals surface area contributed by atoms with Crippen LogP contribution in [-0.2, 0) is 4.74 Å². The molecule has 0 saturated carbocycles. The maximum Gasteiger partial charge on any atom is 0.427 e. The Morgan fingerprint density at radius 2 is 2.18 bits per heavy atom. The maximum atomic E-state index is 10.9. The van der Waals surface area contributed by atoms with Gasteiger partial charge in [0.1, 0.15) is 0 Å². The zero-order valence-electron chi connectivity index (χ0n) is 9.39. The monoisotopic (exact) mass is 252 g/mol. The Kier molecular flexibility index (Phi) is 5.82. The van der Waals surface area contributed by atoms with E-state index in [4.69, 9.17) is 11.6 Å². The molecule has 1 aromatic rings. The first-order valence-electron chi connectivity index (χ1n) is 5.10. The smallest absolute Gasteiger partial charge is 0.427 e. The van der Waals surface area contributed by atoms with Crippen molar-refractivity contribution in [2.24, 2.45) is 5.10 Å². The Balaban J connectivity index is 2.49. The lowest BCUT2D eigenvalue weighted by atomic mass is 10.2. The highest BCUT2D eigenvalue weighted by Crippen LogP contribution is 2.07. The van der Waals surface area contributed by atoms with E-state index in [9.17, 15) is 4.79 Å². The number of nitrogens with one attached hydrogen (secondary N) is 1. The number of carbonyl (C=O) groups is 1. The number of nitrogens with zero attached hydrogens (tertiary/aromatic N) is 1. The number of hydrazone groups is 1. The van der Waals surface area contributed by atoms with Gasteiger partial charge in [0.2, 0.25) is 0 Å². The van der Waals surface area contributed by atoms with Crippen LogP contribution in [0.4, 0.5) is 4.79 Å². The van der Waals surface area contributed by atoms with Crippen molar-refractivity contribution < 1.29 is 9.53 Å². The SMILES string of the molecule is CCOC(=O)NN=C/C(Cl)=C/c1ccccc1. The van der Waals surface area contributed by atoms with E-state index < -0.39 is 6.09 Å². The van der Waals surface area contributed by atoms with Gasteiger partial charge in [-0.25, -0.2) is 10.2 Å². The third kappa shape index (κ3) is 5.73. The molecule has 0 heterocycles. The van der Waals surface area contributed by atoms with Gasteiger partial charge in [-0.2, -0.15) is 5.10 Å². The van der Waals surface area contributed by atoms with Crippen molar-refractivity contribution in [2.75, 3.05) is 6.61 Å². The summed E-state index contributed by atoms with van der Waals surface area (Å²) < 4.78 is 4.62. The first-order chi connectivity index (χ1) is 8.22. The Morgan fingerprint density at radius 1 is 1.47 bits per heavy atom. The fraction of sp³-hybridized carbons (Fsp3) is 0.167. The molecule has 1 N–H and O–H groups in total. The minimum atomic E-state index is -0.604. The predicted octanol–water partition coefficient (Wildman–Crippen LogP) is 3.00. The molecule has 0 bridgehead atoms. The molecule has 0 radical (unpaired) electrons. The van der Waals surface area contributed by atoms with E-state index in [2.05, 4.69) is 15.3 Å². The van der Waals surface area contributed by atoms with Gasteiger partial charge in [0, 0.05) is 0 Å². The van der Waals surface area contributed by atoms with Crippen LogP contribution in [0.15, 0.2) is 40.5 Å². The van der Waals surface area contributed by atoms with Crippen LogP contribution in [0.2, 0.25) is 0 Å². The van der Waals surface area contributed by atoms with Gasteiger partial charge in [-0.3, -0.25) is 0 Å². The van der Waals surface area contributed by atoms with Gasteiger partial charge in [0.15, 0.2) is 0 Å². The fourth-order valence-corrected chi connectivity index (χ4v) is 1.23. The molecule has 90 valence electrons. The number of hydrogen-bond acceptors (Lipinski definition) is 3. The van der Waals surface area contributed by atoms with Crippen molar-refractivity contribution in [1.29, 1.82) is 0 Å². The van der Waals surface area contributed by atoms with Crippen molar-refractivity contribution in [2.45, 2.75) is 6.92 Å². The largest absolute Gasteiger partial charge is 0.449 e. The summed E-state index contributed by atoms with van der Waals surface area (Å²) in [7, 11) is 0. The maximum absolute atomic E-state index is 10.9. The summed E-state index contributed by atoms with van der Waals surface area (Å²) in [5.74, 6) is 0. The van der Waals surface area contributed by atoms with Gasteiger partial charge in [-0.1, -0.05) is 41.9 Å². The molecule has 0 saturated heterocycles. The van der Waals surface area contributed by atoms with Crippen LogP contribution in [0.1, 0.15) is 12.5 Å². The number of halogens is 1. The van der Waals surface area contributed by atoms with E-state index in [1.54, 1.807) is 13.0 Å². The number of benzene rings is 1. The van der Waals surface area contributed by atoms with Gasteiger partial charge in [0.05, 0.1) is 17.9 Å². The minimum Gasteiger partial charge on any atom is -0.449 e. The zero-order chi connectivity index (χ0) is 12.5. The summed E-state index contributed by atoms with van der Waals surface area (Å²) in [6, 6.07) is 9.56. The van der Waals surface area contributed by atoms with Crippen LogP contribution in [0.25, 0.3) is 6.08 Å². The van der Waals surface area contributed by atoms with Crippen LogP contribution >= 0.6 is 11.6 Å². The highest BCUT2D eigenvalue weighted by molar-refractivity contribution is 6.41. The van der Waals surface area contributed by atoms with Gasteiger partial charge in [-0.05, 0) is 18.6 Å². The molecule has 0 unspecified atom stereocenters. The molecule has 1 amide bonds.